The van der Waals surface area contributed by atoms with E-state index in [1.54, 1.807) is 18.6 Å². The topological polar surface area (TPSA) is 85.7 Å². The van der Waals surface area contributed by atoms with Gasteiger partial charge in [0.05, 0.1) is 12.2 Å². The summed E-state index contributed by atoms with van der Waals surface area (Å²) in [7, 11) is 0. The summed E-state index contributed by atoms with van der Waals surface area (Å²) < 4.78 is 7.27. The average molecular weight is 311 g/mol. The van der Waals surface area contributed by atoms with Crippen LogP contribution in [0.25, 0.3) is 11.0 Å². The Morgan fingerprint density at radius 3 is 2.96 bits per heavy atom. The maximum atomic E-state index is 12.3. The van der Waals surface area contributed by atoms with Crippen molar-refractivity contribution in [2.45, 2.75) is 25.3 Å². The highest BCUT2D eigenvalue weighted by Gasteiger charge is 2.20. The van der Waals surface area contributed by atoms with Crippen molar-refractivity contribution < 1.29 is 4.74 Å². The number of rotatable bonds is 3. The first-order chi connectivity index (χ1) is 11.3. The molecule has 3 aromatic heterocycles. The van der Waals surface area contributed by atoms with Gasteiger partial charge in [0.1, 0.15) is 11.2 Å². The minimum atomic E-state index is -0.146. The summed E-state index contributed by atoms with van der Waals surface area (Å²) in [4.78, 5) is 23.9. The fourth-order valence-electron chi connectivity index (χ4n) is 2.96. The lowest BCUT2D eigenvalue weighted by atomic mass is 10.1. The molecule has 118 valence electrons. The predicted molar refractivity (Wildman–Crippen MR) is 84.3 cm³/mol. The predicted octanol–water partition coefficient (Wildman–Crippen LogP) is 1.46. The van der Waals surface area contributed by atoms with E-state index >= 15 is 0 Å². The van der Waals surface area contributed by atoms with Gasteiger partial charge in [-0.1, -0.05) is 6.07 Å². The van der Waals surface area contributed by atoms with Gasteiger partial charge >= 0.3 is 0 Å². The van der Waals surface area contributed by atoms with Crippen LogP contribution in [0.2, 0.25) is 0 Å². The summed E-state index contributed by atoms with van der Waals surface area (Å²) in [6.07, 6.45) is 7.43. The second-order valence-electron chi connectivity index (χ2n) is 5.72. The molecule has 0 atom stereocenters. The van der Waals surface area contributed by atoms with Crippen LogP contribution in [0.15, 0.2) is 35.5 Å². The summed E-state index contributed by atoms with van der Waals surface area (Å²) in [5.74, 6) is 0.629. The maximum Gasteiger partial charge on any atom is 0.262 e. The molecule has 4 rings (SSSR count). The average Bonchev–Trinajstić information content (AvgIpc) is 3.01. The summed E-state index contributed by atoms with van der Waals surface area (Å²) in [5.41, 5.74) is 1.51. The fourth-order valence-corrected chi connectivity index (χ4v) is 2.96. The van der Waals surface area contributed by atoms with Gasteiger partial charge in [0.15, 0.2) is 5.65 Å². The third-order valence-corrected chi connectivity index (χ3v) is 4.14. The third kappa shape index (κ3) is 2.75. The fraction of sp³-hybridized carbons (Fsp3) is 0.375. The van der Waals surface area contributed by atoms with E-state index in [4.69, 9.17) is 4.74 Å². The Labute approximate surface area is 132 Å². The van der Waals surface area contributed by atoms with E-state index in [0.29, 0.717) is 23.3 Å². The van der Waals surface area contributed by atoms with Crippen LogP contribution in [-0.2, 0) is 11.2 Å². The minimum Gasteiger partial charge on any atom is -0.381 e. The van der Waals surface area contributed by atoms with Gasteiger partial charge in [-0.15, -0.1) is 0 Å². The zero-order valence-corrected chi connectivity index (χ0v) is 12.6. The van der Waals surface area contributed by atoms with Crippen LogP contribution >= 0.6 is 0 Å². The van der Waals surface area contributed by atoms with Gasteiger partial charge in [0.2, 0.25) is 0 Å². The van der Waals surface area contributed by atoms with Crippen molar-refractivity contribution in [3.05, 3.63) is 52.5 Å². The maximum absolute atomic E-state index is 12.3. The largest absolute Gasteiger partial charge is 0.381 e. The van der Waals surface area contributed by atoms with Crippen LogP contribution in [0.1, 0.15) is 30.3 Å². The number of hydrogen-bond donors (Lipinski definition) is 1. The summed E-state index contributed by atoms with van der Waals surface area (Å²) in [6, 6.07) is 4.08. The van der Waals surface area contributed by atoms with E-state index in [0.717, 1.165) is 31.6 Å². The zero-order valence-electron chi connectivity index (χ0n) is 12.6. The van der Waals surface area contributed by atoms with Crippen LogP contribution in [0.4, 0.5) is 0 Å². The number of ether oxygens (including phenoxy) is 1. The SMILES string of the molecule is O=c1[nH]c(Cc2cccnc2)nc2c1cnn2C1CCOCC1. The number of fused-ring (bicyclic) bond motifs is 1. The standard InChI is InChI=1S/C16H17N5O2/c22-16-13-10-18-21(12-3-6-23-7-4-12)15(13)19-14(20-16)8-11-2-1-5-17-9-11/h1-2,5,9-10,12H,3-4,6-8H2,(H,19,20,22). The second kappa shape index (κ2) is 5.92. The highest BCUT2D eigenvalue weighted by Crippen LogP contribution is 2.23. The number of hydrogen-bond acceptors (Lipinski definition) is 5. The molecule has 1 fully saturated rings. The molecule has 7 nitrogen and oxygen atoms in total. The molecule has 4 heterocycles. The minimum absolute atomic E-state index is 0.146. The highest BCUT2D eigenvalue weighted by molar-refractivity contribution is 5.73. The first kappa shape index (κ1) is 14.1. The van der Waals surface area contributed by atoms with Crippen molar-refractivity contribution >= 4 is 11.0 Å². The smallest absolute Gasteiger partial charge is 0.262 e. The molecule has 0 radical (unpaired) electrons. The lowest BCUT2D eigenvalue weighted by Crippen LogP contribution is -2.21. The van der Waals surface area contributed by atoms with E-state index in [1.165, 1.54) is 0 Å². The monoisotopic (exact) mass is 311 g/mol. The molecule has 0 unspecified atom stereocenters. The van der Waals surface area contributed by atoms with Gasteiger partial charge in [0.25, 0.3) is 5.56 Å². The van der Waals surface area contributed by atoms with Gasteiger partial charge in [-0.05, 0) is 24.5 Å². The molecular formula is C16H17N5O2. The first-order valence-corrected chi connectivity index (χ1v) is 7.74. The molecule has 7 heteroatoms. The Kier molecular flexibility index (Phi) is 3.63. The van der Waals surface area contributed by atoms with Crippen molar-refractivity contribution in [1.29, 1.82) is 0 Å². The van der Waals surface area contributed by atoms with Crippen LogP contribution in [-0.4, -0.2) is 37.9 Å². The lowest BCUT2D eigenvalue weighted by Gasteiger charge is -2.22. The Morgan fingerprint density at radius 1 is 1.30 bits per heavy atom. The number of nitrogens with zero attached hydrogens (tertiary/aromatic N) is 4. The van der Waals surface area contributed by atoms with Crippen molar-refractivity contribution in [1.82, 2.24) is 24.7 Å². The summed E-state index contributed by atoms with van der Waals surface area (Å²) in [5, 5.41) is 4.93. The van der Waals surface area contributed by atoms with E-state index in [9.17, 15) is 4.79 Å². The molecule has 23 heavy (non-hydrogen) atoms. The van der Waals surface area contributed by atoms with E-state index < -0.39 is 0 Å². The van der Waals surface area contributed by atoms with Crippen molar-refractivity contribution in [3.63, 3.8) is 0 Å². The number of aromatic amines is 1. The third-order valence-electron chi connectivity index (χ3n) is 4.14. The van der Waals surface area contributed by atoms with Gasteiger partial charge < -0.3 is 9.72 Å². The Balaban J connectivity index is 1.74. The number of pyridine rings is 1. The van der Waals surface area contributed by atoms with Crippen molar-refractivity contribution in [2.24, 2.45) is 0 Å². The van der Waals surface area contributed by atoms with Gasteiger partial charge in [-0.25, -0.2) is 9.67 Å². The van der Waals surface area contributed by atoms with Crippen LogP contribution in [0.3, 0.4) is 0 Å². The number of H-pyrrole nitrogens is 1. The molecule has 1 aliphatic rings. The highest BCUT2D eigenvalue weighted by atomic mass is 16.5. The molecular weight excluding hydrogens is 294 g/mol. The first-order valence-electron chi connectivity index (χ1n) is 7.74. The second-order valence-corrected chi connectivity index (χ2v) is 5.72. The van der Waals surface area contributed by atoms with Crippen LogP contribution in [0.5, 0.6) is 0 Å². The zero-order chi connectivity index (χ0) is 15.6. The molecule has 1 N–H and O–H groups in total. The van der Waals surface area contributed by atoms with Crippen molar-refractivity contribution in [3.8, 4) is 0 Å². The lowest BCUT2D eigenvalue weighted by molar-refractivity contribution is 0.0673. The van der Waals surface area contributed by atoms with Gasteiger partial charge in [-0.2, -0.15) is 5.10 Å². The Hall–Kier alpha value is -2.54. The van der Waals surface area contributed by atoms with Crippen molar-refractivity contribution in [2.75, 3.05) is 13.2 Å². The number of nitrogens with one attached hydrogen (secondary N) is 1. The van der Waals surface area contributed by atoms with E-state index in [1.807, 2.05) is 16.8 Å². The van der Waals surface area contributed by atoms with Gasteiger partial charge in [-0.3, -0.25) is 9.78 Å². The molecule has 0 bridgehead atoms. The van der Waals surface area contributed by atoms with Crippen LogP contribution in [0, 0.1) is 0 Å². The molecule has 0 spiro atoms. The Morgan fingerprint density at radius 2 is 2.17 bits per heavy atom. The van der Waals surface area contributed by atoms with Crippen LogP contribution < -0.4 is 5.56 Å². The van der Waals surface area contributed by atoms with Gasteiger partial charge in [0, 0.05) is 32.0 Å². The Bertz CT molecular complexity index is 865. The molecule has 1 aliphatic heterocycles. The molecule has 0 aliphatic carbocycles. The molecule has 3 aromatic rings. The summed E-state index contributed by atoms with van der Waals surface area (Å²) >= 11 is 0. The van der Waals surface area contributed by atoms with E-state index in [2.05, 4.69) is 20.1 Å². The molecule has 0 amide bonds. The normalized spacial score (nSPS) is 16.0. The molecule has 0 aromatic carbocycles. The van der Waals surface area contributed by atoms with E-state index in [-0.39, 0.29) is 11.6 Å². The molecule has 1 saturated heterocycles. The number of aromatic nitrogens is 5. The summed E-state index contributed by atoms with van der Waals surface area (Å²) in [6.45, 7) is 1.44. The quantitative estimate of drug-likeness (QED) is 0.791. The molecule has 0 saturated carbocycles.